The number of hydrogen-bond donors (Lipinski definition) is 1. The van der Waals surface area contributed by atoms with E-state index >= 15 is 0 Å². The number of methoxy groups -OCH3 is 2. The average Bonchev–Trinajstić information content (AvgIpc) is 2.95. The standard InChI is InChI=1S/C33H40F6O7/c1-21-19-25(46-27(41)31(44-6,33(37,38)39)24-15-11-8-12-16-24)20-28(3,4)29(21,42)18-17-22(2)45-26(40)30(43-5,32(34,35)36)23-13-9-7-10-14-23/h7-16,21-22,25,42H,17-20H2,1-6H3/t21-,22-,25+,29-,30-,31-/m1/s1. The molecule has 2 aromatic carbocycles. The number of alkyl halides is 6. The first-order chi connectivity index (χ1) is 21.2. The van der Waals surface area contributed by atoms with Crippen LogP contribution in [0.2, 0.25) is 0 Å². The molecule has 0 bridgehead atoms. The van der Waals surface area contributed by atoms with Crippen LogP contribution in [0.5, 0.6) is 0 Å². The van der Waals surface area contributed by atoms with Gasteiger partial charge in [0.15, 0.2) is 0 Å². The van der Waals surface area contributed by atoms with Gasteiger partial charge in [-0.15, -0.1) is 0 Å². The Balaban J connectivity index is 1.76. The Morgan fingerprint density at radius 2 is 1.28 bits per heavy atom. The van der Waals surface area contributed by atoms with Crippen molar-refractivity contribution in [2.45, 2.75) is 94.7 Å². The summed E-state index contributed by atoms with van der Waals surface area (Å²) in [6.45, 7) is 6.33. The first-order valence-electron chi connectivity index (χ1n) is 14.7. The van der Waals surface area contributed by atoms with E-state index in [1.165, 1.54) is 43.3 Å². The number of ether oxygens (including phenoxy) is 4. The van der Waals surface area contributed by atoms with Crippen molar-refractivity contribution < 1.29 is 60.0 Å². The fourth-order valence-electron chi connectivity index (χ4n) is 6.52. The van der Waals surface area contributed by atoms with Crippen LogP contribution in [0.3, 0.4) is 0 Å². The molecule has 6 atom stereocenters. The van der Waals surface area contributed by atoms with Gasteiger partial charge in [0.05, 0.1) is 11.7 Å². The molecule has 1 fully saturated rings. The minimum absolute atomic E-state index is 0.0128. The molecule has 256 valence electrons. The van der Waals surface area contributed by atoms with Crippen molar-refractivity contribution in [2.75, 3.05) is 14.2 Å². The highest BCUT2D eigenvalue weighted by Gasteiger charge is 2.66. The number of benzene rings is 2. The highest BCUT2D eigenvalue weighted by Crippen LogP contribution is 2.52. The molecule has 1 aliphatic carbocycles. The van der Waals surface area contributed by atoms with Crippen molar-refractivity contribution in [3.05, 3.63) is 71.8 Å². The number of halogens is 6. The van der Waals surface area contributed by atoms with E-state index < -0.39 is 75.8 Å². The molecule has 0 heterocycles. The molecule has 46 heavy (non-hydrogen) atoms. The molecule has 1 aliphatic rings. The van der Waals surface area contributed by atoms with E-state index in [2.05, 4.69) is 0 Å². The van der Waals surface area contributed by atoms with Crippen molar-refractivity contribution in [3.63, 3.8) is 0 Å². The maximum Gasteiger partial charge on any atom is 0.432 e. The normalized spacial score (nSPS) is 25.1. The Morgan fingerprint density at radius 3 is 1.67 bits per heavy atom. The molecule has 0 radical (unpaired) electrons. The fraction of sp³-hybridized carbons (Fsp3) is 0.576. The van der Waals surface area contributed by atoms with E-state index in [1.54, 1.807) is 20.8 Å². The van der Waals surface area contributed by atoms with Crippen molar-refractivity contribution in [2.24, 2.45) is 11.3 Å². The predicted molar refractivity (Wildman–Crippen MR) is 154 cm³/mol. The summed E-state index contributed by atoms with van der Waals surface area (Å²) in [5.74, 6) is -3.95. The summed E-state index contributed by atoms with van der Waals surface area (Å²) in [6.07, 6.45) is -12.6. The second-order valence-corrected chi connectivity index (χ2v) is 12.4. The summed E-state index contributed by atoms with van der Waals surface area (Å²) in [7, 11) is 1.53. The van der Waals surface area contributed by atoms with Crippen LogP contribution in [0.4, 0.5) is 26.3 Å². The van der Waals surface area contributed by atoms with Gasteiger partial charge in [0.2, 0.25) is 0 Å². The maximum absolute atomic E-state index is 14.4. The van der Waals surface area contributed by atoms with Crippen LogP contribution in [0.25, 0.3) is 0 Å². The summed E-state index contributed by atoms with van der Waals surface area (Å²) in [5, 5.41) is 11.8. The molecule has 13 heteroatoms. The van der Waals surface area contributed by atoms with Crippen LogP contribution in [0.1, 0.15) is 64.5 Å². The zero-order chi connectivity index (χ0) is 34.8. The van der Waals surface area contributed by atoms with Gasteiger partial charge < -0.3 is 24.1 Å². The molecule has 3 rings (SSSR count). The van der Waals surface area contributed by atoms with Gasteiger partial charge in [-0.25, -0.2) is 9.59 Å². The van der Waals surface area contributed by atoms with E-state index in [1.807, 2.05) is 0 Å². The SMILES string of the molecule is CO[C@@](C(=O)O[C@H]1C[C@@H](C)[C@](O)(CC[C@@H](C)OC(=O)[C@](OC)(c2ccccc2)C(F)(F)F)C(C)(C)C1)(c1ccccc1)C(F)(F)F. The average molecular weight is 663 g/mol. The van der Waals surface area contributed by atoms with Gasteiger partial charge in [-0.3, -0.25) is 0 Å². The number of esters is 2. The summed E-state index contributed by atoms with van der Waals surface area (Å²) >= 11 is 0. The number of aliphatic hydroxyl groups is 1. The molecule has 0 saturated heterocycles. The summed E-state index contributed by atoms with van der Waals surface area (Å²) in [5.41, 5.74) is -10.2. The zero-order valence-corrected chi connectivity index (χ0v) is 26.5. The third-order valence-corrected chi connectivity index (χ3v) is 9.20. The lowest BCUT2D eigenvalue weighted by atomic mass is 9.58. The second-order valence-electron chi connectivity index (χ2n) is 12.4. The molecule has 2 aromatic rings. The van der Waals surface area contributed by atoms with E-state index in [-0.39, 0.29) is 25.7 Å². The van der Waals surface area contributed by atoms with Crippen LogP contribution in [-0.2, 0) is 39.7 Å². The highest BCUT2D eigenvalue weighted by atomic mass is 19.4. The predicted octanol–water partition coefficient (Wildman–Crippen LogP) is 7.01. The van der Waals surface area contributed by atoms with Gasteiger partial charge in [-0.05, 0) is 43.9 Å². The maximum atomic E-state index is 14.4. The van der Waals surface area contributed by atoms with Gasteiger partial charge in [0, 0.05) is 25.3 Å². The highest BCUT2D eigenvalue weighted by molar-refractivity contribution is 5.83. The molecule has 0 spiro atoms. The summed E-state index contributed by atoms with van der Waals surface area (Å²) in [4.78, 5) is 26.3. The van der Waals surface area contributed by atoms with E-state index in [0.29, 0.717) is 0 Å². The van der Waals surface area contributed by atoms with Gasteiger partial charge in [-0.1, -0.05) is 81.4 Å². The molecule has 1 saturated carbocycles. The minimum Gasteiger partial charge on any atom is -0.460 e. The quantitative estimate of drug-likeness (QED) is 0.205. The zero-order valence-electron chi connectivity index (χ0n) is 26.5. The Labute approximate surface area is 264 Å². The molecular formula is C33H40F6O7. The fourth-order valence-corrected chi connectivity index (χ4v) is 6.52. The Hall–Kier alpha value is -3.16. The number of hydrogen-bond acceptors (Lipinski definition) is 7. The van der Waals surface area contributed by atoms with E-state index in [9.17, 15) is 41.0 Å². The Bertz CT molecular complexity index is 1330. The van der Waals surface area contributed by atoms with Gasteiger partial charge in [-0.2, -0.15) is 26.3 Å². The summed E-state index contributed by atoms with van der Waals surface area (Å²) < 4.78 is 106. The molecule has 0 amide bonds. The minimum atomic E-state index is -5.16. The molecule has 0 aliphatic heterocycles. The largest absolute Gasteiger partial charge is 0.460 e. The van der Waals surface area contributed by atoms with Crippen LogP contribution in [0.15, 0.2) is 60.7 Å². The molecule has 1 N–H and O–H groups in total. The third-order valence-electron chi connectivity index (χ3n) is 9.20. The second kappa shape index (κ2) is 13.5. The van der Waals surface area contributed by atoms with Crippen LogP contribution < -0.4 is 0 Å². The van der Waals surface area contributed by atoms with Crippen molar-refractivity contribution >= 4 is 11.9 Å². The van der Waals surface area contributed by atoms with Crippen LogP contribution in [0, 0.1) is 11.3 Å². The lowest BCUT2D eigenvalue weighted by Gasteiger charge is -2.53. The third kappa shape index (κ3) is 6.64. The van der Waals surface area contributed by atoms with E-state index in [0.717, 1.165) is 38.5 Å². The lowest BCUT2D eigenvalue weighted by Crippen LogP contribution is -2.58. The monoisotopic (exact) mass is 662 g/mol. The van der Waals surface area contributed by atoms with Gasteiger partial charge in [0.1, 0.15) is 6.10 Å². The smallest absolute Gasteiger partial charge is 0.432 e. The number of carbonyl (C=O) groups is 2. The first kappa shape index (κ1) is 37.3. The number of carbonyl (C=O) groups excluding carboxylic acids is 2. The lowest BCUT2D eigenvalue weighted by molar-refractivity contribution is -0.280. The Kier molecular flexibility index (Phi) is 11.0. The molecule has 7 nitrogen and oxygen atoms in total. The van der Waals surface area contributed by atoms with Gasteiger partial charge in [0.25, 0.3) is 11.2 Å². The van der Waals surface area contributed by atoms with Crippen molar-refractivity contribution in [1.29, 1.82) is 0 Å². The molecule has 0 aromatic heterocycles. The summed E-state index contributed by atoms with van der Waals surface area (Å²) in [6, 6.07) is 12.8. The Morgan fingerprint density at radius 1 is 0.848 bits per heavy atom. The number of rotatable bonds is 11. The first-order valence-corrected chi connectivity index (χ1v) is 14.7. The van der Waals surface area contributed by atoms with E-state index in [4.69, 9.17) is 18.9 Å². The molecule has 0 unspecified atom stereocenters. The van der Waals surface area contributed by atoms with Gasteiger partial charge >= 0.3 is 24.3 Å². The molecular weight excluding hydrogens is 622 g/mol. The topological polar surface area (TPSA) is 91.3 Å². The van der Waals surface area contributed by atoms with Crippen molar-refractivity contribution in [1.82, 2.24) is 0 Å². The van der Waals surface area contributed by atoms with Crippen LogP contribution in [-0.4, -0.2) is 61.4 Å². The van der Waals surface area contributed by atoms with Crippen molar-refractivity contribution in [3.8, 4) is 0 Å². The van der Waals surface area contributed by atoms with Crippen LogP contribution >= 0.6 is 0 Å².